The molecule has 1 aromatic heterocycles. The summed E-state index contributed by atoms with van der Waals surface area (Å²) < 4.78 is 0. The smallest absolute Gasteiger partial charge is 0.152 e. The predicted molar refractivity (Wildman–Crippen MR) is 59.2 cm³/mol. The maximum atomic E-state index is 2.35. The van der Waals surface area contributed by atoms with Crippen molar-refractivity contribution in [1.82, 2.24) is 0 Å². The Morgan fingerprint density at radius 3 is 2.36 bits per heavy atom. The van der Waals surface area contributed by atoms with Crippen LogP contribution in [0.3, 0.4) is 0 Å². The van der Waals surface area contributed by atoms with Gasteiger partial charge in [0.15, 0.2) is 5.75 Å². The molecule has 0 fully saturated rings. The lowest BCUT2D eigenvalue weighted by atomic mass is 10.2. The first-order valence-corrected chi connectivity index (χ1v) is 5.96. The third kappa shape index (κ3) is 3.10. The fourth-order valence-electron chi connectivity index (χ4n) is 1.37. The average molecular weight is 316 g/mol. The molecule has 1 heterocycles. The minimum atomic E-state index is 0. The van der Waals surface area contributed by atoms with Crippen LogP contribution in [-0.2, 0) is 5.75 Å². The fraction of sp³-hybridized carbons (Fsp3) is 0.167. The van der Waals surface area contributed by atoms with E-state index in [2.05, 4.69) is 54.1 Å². The van der Waals surface area contributed by atoms with Gasteiger partial charge in [-0.15, -0.1) is 0 Å². The molecular formula is C12H13IS. The summed E-state index contributed by atoms with van der Waals surface area (Å²) in [4.78, 5) is 0. The number of thiophene rings is 1. The Kier molecular flexibility index (Phi) is 4.62. The Labute approximate surface area is 105 Å². The topological polar surface area (TPSA) is 0 Å². The minimum Gasteiger partial charge on any atom is -1.00 e. The van der Waals surface area contributed by atoms with Gasteiger partial charge in [-0.3, -0.25) is 0 Å². The average Bonchev–Trinajstić information content (AvgIpc) is 2.53. The van der Waals surface area contributed by atoms with Crippen molar-refractivity contribution in [1.29, 1.82) is 0 Å². The molecule has 2 rings (SSSR count). The summed E-state index contributed by atoms with van der Waals surface area (Å²) in [5, 5.41) is 4.66. The lowest BCUT2D eigenvalue weighted by Crippen LogP contribution is -3.00. The second-order valence-electron chi connectivity index (χ2n) is 3.26. The Hall–Kier alpha value is -0.350. The first-order chi connectivity index (χ1) is 6.34. The Balaban J connectivity index is 0.000000980. The number of benzene rings is 1. The van der Waals surface area contributed by atoms with Gasteiger partial charge in [0.05, 0.1) is 0 Å². The Morgan fingerprint density at radius 2 is 1.79 bits per heavy atom. The fourth-order valence-corrected chi connectivity index (χ4v) is 3.15. The van der Waals surface area contributed by atoms with Crippen molar-refractivity contribution < 1.29 is 24.0 Å². The summed E-state index contributed by atoms with van der Waals surface area (Å²) in [6.07, 6.45) is 0. The largest absolute Gasteiger partial charge is 1.00 e. The van der Waals surface area contributed by atoms with Gasteiger partial charge in [0.2, 0.25) is 0 Å². The maximum absolute atomic E-state index is 2.35. The van der Waals surface area contributed by atoms with Gasteiger partial charge in [-0.05, 0) is 23.5 Å². The van der Waals surface area contributed by atoms with Crippen molar-refractivity contribution in [2.24, 2.45) is 0 Å². The molecule has 2 aromatic rings. The molecule has 0 aliphatic rings. The van der Waals surface area contributed by atoms with Crippen molar-refractivity contribution in [3.05, 3.63) is 58.3 Å². The zero-order valence-electron chi connectivity index (χ0n) is 8.11. The predicted octanol–water partition coefficient (Wildman–Crippen LogP) is 0.796. The summed E-state index contributed by atoms with van der Waals surface area (Å²) in [5.41, 5.74) is 2.83. The van der Waals surface area contributed by atoms with E-state index in [-0.39, 0.29) is 24.0 Å². The number of rotatable bonds is 2. The van der Waals surface area contributed by atoms with Crippen LogP contribution in [0.1, 0.15) is 11.1 Å². The van der Waals surface area contributed by atoms with Crippen LogP contribution < -0.4 is 24.0 Å². The van der Waals surface area contributed by atoms with Gasteiger partial charge in [0.25, 0.3) is 0 Å². The van der Waals surface area contributed by atoms with Crippen LogP contribution in [0, 0.1) is 6.92 Å². The first kappa shape index (κ1) is 11.7. The third-order valence-corrected chi connectivity index (χ3v) is 3.85. The van der Waals surface area contributed by atoms with Gasteiger partial charge < -0.3 is 24.0 Å². The van der Waals surface area contributed by atoms with Crippen LogP contribution in [0.15, 0.2) is 47.2 Å². The van der Waals surface area contributed by atoms with E-state index in [1.165, 1.54) is 11.1 Å². The summed E-state index contributed by atoms with van der Waals surface area (Å²) in [6.45, 7) is 2.16. The van der Waals surface area contributed by atoms with E-state index in [4.69, 9.17) is 0 Å². The standard InChI is InChI=1S/C12H13S.HI/c1-11-7-8-13(9-11)10-12-5-3-2-4-6-12;/h2-9H,10H2,1H3;1H/q+1;/p-1. The highest BCUT2D eigenvalue weighted by atomic mass is 127. The first-order valence-electron chi connectivity index (χ1n) is 4.44. The van der Waals surface area contributed by atoms with Crippen molar-refractivity contribution in [2.45, 2.75) is 12.7 Å². The van der Waals surface area contributed by atoms with Crippen molar-refractivity contribution in [3.8, 4) is 0 Å². The van der Waals surface area contributed by atoms with E-state index in [0.717, 1.165) is 5.75 Å². The van der Waals surface area contributed by atoms with E-state index < -0.39 is 0 Å². The van der Waals surface area contributed by atoms with E-state index >= 15 is 0 Å². The SMILES string of the molecule is Cc1cc[s+](Cc2ccccc2)c1.[I-]. The quantitative estimate of drug-likeness (QED) is 0.568. The molecule has 0 aliphatic heterocycles. The van der Waals surface area contributed by atoms with Gasteiger partial charge in [0, 0.05) is 11.1 Å². The molecule has 1 atom stereocenters. The summed E-state index contributed by atoms with van der Waals surface area (Å²) in [6, 6.07) is 12.9. The highest BCUT2D eigenvalue weighted by Gasteiger charge is 2.04. The van der Waals surface area contributed by atoms with Gasteiger partial charge in [-0.1, -0.05) is 30.3 Å². The molecule has 0 saturated heterocycles. The summed E-state index contributed by atoms with van der Waals surface area (Å²) in [7, 11) is 0.349. The lowest BCUT2D eigenvalue weighted by molar-refractivity contribution is -0.00000269. The third-order valence-electron chi connectivity index (χ3n) is 2.02. The number of halogens is 1. The number of hydrogen-bond donors (Lipinski definition) is 0. The van der Waals surface area contributed by atoms with Crippen LogP contribution in [-0.4, -0.2) is 0 Å². The van der Waals surface area contributed by atoms with Gasteiger partial charge in [0.1, 0.15) is 10.8 Å². The number of hydrogen-bond acceptors (Lipinski definition) is 0. The van der Waals surface area contributed by atoms with E-state index in [1.807, 2.05) is 0 Å². The van der Waals surface area contributed by atoms with Crippen LogP contribution in [0.4, 0.5) is 0 Å². The van der Waals surface area contributed by atoms with Crippen LogP contribution >= 0.6 is 10.5 Å². The van der Waals surface area contributed by atoms with E-state index in [9.17, 15) is 0 Å². The molecule has 1 aromatic carbocycles. The molecule has 0 amide bonds. The van der Waals surface area contributed by atoms with Crippen molar-refractivity contribution >= 4 is 10.5 Å². The molecule has 0 radical (unpaired) electrons. The molecule has 74 valence electrons. The molecular weight excluding hydrogens is 303 g/mol. The molecule has 0 nitrogen and oxygen atoms in total. The molecule has 0 N–H and O–H groups in total. The minimum absolute atomic E-state index is 0. The zero-order valence-corrected chi connectivity index (χ0v) is 11.1. The summed E-state index contributed by atoms with van der Waals surface area (Å²) >= 11 is 0. The molecule has 14 heavy (non-hydrogen) atoms. The maximum Gasteiger partial charge on any atom is 0.152 e. The Bertz CT molecular complexity index is 378. The highest BCUT2D eigenvalue weighted by Crippen LogP contribution is 2.24. The molecule has 1 unspecified atom stereocenters. The van der Waals surface area contributed by atoms with Crippen molar-refractivity contribution in [3.63, 3.8) is 0 Å². The van der Waals surface area contributed by atoms with Gasteiger partial charge >= 0.3 is 0 Å². The monoisotopic (exact) mass is 316 g/mol. The molecule has 0 saturated carbocycles. The van der Waals surface area contributed by atoms with Crippen LogP contribution in [0.2, 0.25) is 0 Å². The lowest BCUT2D eigenvalue weighted by Gasteiger charge is -1.91. The van der Waals surface area contributed by atoms with Crippen LogP contribution in [0.5, 0.6) is 0 Å². The second-order valence-corrected chi connectivity index (χ2v) is 5.00. The summed E-state index contributed by atoms with van der Waals surface area (Å²) in [5.74, 6) is 1.16. The molecule has 2 heteroatoms. The highest BCUT2D eigenvalue weighted by molar-refractivity contribution is 7.28. The molecule has 0 bridgehead atoms. The second kappa shape index (κ2) is 5.51. The van der Waals surface area contributed by atoms with Gasteiger partial charge in [-0.25, -0.2) is 0 Å². The molecule has 0 aliphatic carbocycles. The normalized spacial score (nSPS) is 10.8. The number of aryl methyl sites for hydroxylation is 1. The zero-order chi connectivity index (χ0) is 9.10. The van der Waals surface area contributed by atoms with Gasteiger partial charge in [-0.2, -0.15) is 0 Å². The van der Waals surface area contributed by atoms with E-state index in [1.54, 1.807) is 0 Å². The Morgan fingerprint density at radius 1 is 1.07 bits per heavy atom. The van der Waals surface area contributed by atoms with Crippen molar-refractivity contribution in [2.75, 3.05) is 0 Å². The van der Waals surface area contributed by atoms with E-state index in [0.29, 0.717) is 10.5 Å². The molecule has 0 spiro atoms. The van der Waals surface area contributed by atoms with Crippen LogP contribution in [0.25, 0.3) is 0 Å².